The Morgan fingerprint density at radius 2 is 1.96 bits per heavy atom. The normalized spacial score (nSPS) is 19.8. The number of halogens is 1. The quantitative estimate of drug-likeness (QED) is 0.777. The van der Waals surface area contributed by atoms with E-state index in [1.165, 1.54) is 37.3 Å². The van der Waals surface area contributed by atoms with Crippen LogP contribution in [-0.4, -0.2) is 65.2 Å². The molecule has 2 aliphatic heterocycles. The number of piperazine rings is 1. The summed E-state index contributed by atoms with van der Waals surface area (Å²) in [6.07, 6.45) is 7.13. The lowest BCUT2D eigenvalue weighted by Gasteiger charge is -2.35. The summed E-state index contributed by atoms with van der Waals surface area (Å²) in [5, 5.41) is 1.60. The molecule has 140 valence electrons. The van der Waals surface area contributed by atoms with E-state index in [0.29, 0.717) is 10.8 Å². The van der Waals surface area contributed by atoms with Crippen molar-refractivity contribution in [3.05, 3.63) is 23.5 Å². The minimum Gasteiger partial charge on any atom is -0.381 e. The van der Waals surface area contributed by atoms with Crippen LogP contribution in [-0.2, 0) is 4.74 Å². The van der Waals surface area contributed by atoms with Crippen molar-refractivity contribution < 1.29 is 4.74 Å². The molecule has 2 aromatic heterocycles. The maximum absolute atomic E-state index is 6.01. The molecule has 0 N–H and O–H groups in total. The van der Waals surface area contributed by atoms with Crippen LogP contribution in [0.2, 0.25) is 5.02 Å². The average molecular weight is 394 g/mol. The maximum Gasteiger partial charge on any atom is 0.205 e. The van der Waals surface area contributed by atoms with Crippen LogP contribution in [0.25, 0.3) is 11.4 Å². The zero-order valence-corrected chi connectivity index (χ0v) is 16.4. The summed E-state index contributed by atoms with van der Waals surface area (Å²) in [6.45, 7) is 7.30. The Kier molecular flexibility index (Phi) is 5.99. The summed E-state index contributed by atoms with van der Waals surface area (Å²) in [5.41, 5.74) is 0.870. The van der Waals surface area contributed by atoms with Gasteiger partial charge in [0.2, 0.25) is 5.13 Å². The molecule has 8 heteroatoms. The van der Waals surface area contributed by atoms with Crippen molar-refractivity contribution in [2.24, 2.45) is 5.92 Å². The molecule has 6 nitrogen and oxygen atoms in total. The van der Waals surface area contributed by atoms with Crippen LogP contribution in [0.4, 0.5) is 5.13 Å². The zero-order valence-electron chi connectivity index (χ0n) is 14.8. The lowest BCUT2D eigenvalue weighted by molar-refractivity contribution is 0.0598. The fourth-order valence-corrected chi connectivity index (χ4v) is 4.47. The molecule has 4 rings (SSSR count). The smallest absolute Gasteiger partial charge is 0.205 e. The number of ether oxygens (including phenoxy) is 1. The highest BCUT2D eigenvalue weighted by molar-refractivity contribution is 7.09. The molecule has 0 aromatic carbocycles. The molecule has 2 aromatic rings. The van der Waals surface area contributed by atoms with Gasteiger partial charge in [-0.25, -0.2) is 0 Å². The SMILES string of the molecule is Clc1cncc(-c2nsc(N3CCN(CCC4CCOCC4)CC3)n2)c1. The van der Waals surface area contributed by atoms with Crippen LogP contribution in [0.5, 0.6) is 0 Å². The van der Waals surface area contributed by atoms with Gasteiger partial charge in [0.25, 0.3) is 0 Å². The van der Waals surface area contributed by atoms with Crippen LogP contribution < -0.4 is 4.90 Å². The number of pyridine rings is 1. The Bertz CT molecular complexity index is 713. The van der Waals surface area contributed by atoms with E-state index < -0.39 is 0 Å². The van der Waals surface area contributed by atoms with E-state index in [4.69, 9.17) is 21.3 Å². The molecule has 0 spiro atoms. The summed E-state index contributed by atoms with van der Waals surface area (Å²) in [5.74, 6) is 1.56. The van der Waals surface area contributed by atoms with E-state index in [2.05, 4.69) is 19.2 Å². The van der Waals surface area contributed by atoms with Crippen molar-refractivity contribution in [3.8, 4) is 11.4 Å². The average Bonchev–Trinajstić information content (AvgIpc) is 3.18. The van der Waals surface area contributed by atoms with Crippen LogP contribution in [0.3, 0.4) is 0 Å². The highest BCUT2D eigenvalue weighted by atomic mass is 35.5. The van der Waals surface area contributed by atoms with Gasteiger partial charge in [-0.2, -0.15) is 9.36 Å². The van der Waals surface area contributed by atoms with Crippen molar-refractivity contribution in [1.29, 1.82) is 0 Å². The van der Waals surface area contributed by atoms with Gasteiger partial charge in [0.05, 0.1) is 5.02 Å². The number of nitrogens with zero attached hydrogens (tertiary/aromatic N) is 5. The van der Waals surface area contributed by atoms with Crippen molar-refractivity contribution in [2.45, 2.75) is 19.3 Å². The van der Waals surface area contributed by atoms with E-state index in [9.17, 15) is 0 Å². The summed E-state index contributed by atoms with van der Waals surface area (Å²) < 4.78 is 9.94. The van der Waals surface area contributed by atoms with Crippen molar-refractivity contribution in [2.75, 3.05) is 50.8 Å². The number of anilines is 1. The van der Waals surface area contributed by atoms with Gasteiger partial charge in [-0.15, -0.1) is 0 Å². The first kappa shape index (κ1) is 18.1. The maximum atomic E-state index is 6.01. The molecule has 4 heterocycles. The molecule has 2 aliphatic rings. The first-order valence-corrected chi connectivity index (χ1v) is 10.4. The molecule has 0 amide bonds. The van der Waals surface area contributed by atoms with Gasteiger partial charge in [0, 0.05) is 68.9 Å². The molecule has 26 heavy (non-hydrogen) atoms. The molecule has 0 radical (unpaired) electrons. The lowest BCUT2D eigenvalue weighted by atomic mass is 9.96. The van der Waals surface area contributed by atoms with Crippen LogP contribution in [0.1, 0.15) is 19.3 Å². The molecule has 0 unspecified atom stereocenters. The van der Waals surface area contributed by atoms with Gasteiger partial charge < -0.3 is 9.64 Å². The highest BCUT2D eigenvalue weighted by Gasteiger charge is 2.22. The van der Waals surface area contributed by atoms with Crippen molar-refractivity contribution in [3.63, 3.8) is 0 Å². The Labute approximate surface area is 163 Å². The monoisotopic (exact) mass is 393 g/mol. The molecular weight excluding hydrogens is 370 g/mol. The topological polar surface area (TPSA) is 54.4 Å². The molecule has 0 aliphatic carbocycles. The largest absolute Gasteiger partial charge is 0.381 e. The summed E-state index contributed by atoms with van der Waals surface area (Å²) in [7, 11) is 0. The van der Waals surface area contributed by atoms with E-state index in [1.54, 1.807) is 12.4 Å². The standard InChI is InChI=1S/C18H24ClN5OS/c19-16-11-15(12-20-13-16)17-21-18(26-22-17)24-7-5-23(6-8-24)4-1-14-2-9-25-10-3-14/h11-14H,1-10H2. The Morgan fingerprint density at radius 3 is 2.73 bits per heavy atom. The Balaban J connectivity index is 1.28. The lowest BCUT2D eigenvalue weighted by Crippen LogP contribution is -2.47. The van der Waals surface area contributed by atoms with E-state index >= 15 is 0 Å². The number of hydrogen-bond acceptors (Lipinski definition) is 7. The second kappa shape index (κ2) is 8.61. The number of rotatable bonds is 5. The summed E-state index contributed by atoms with van der Waals surface area (Å²) in [6, 6.07) is 1.86. The highest BCUT2D eigenvalue weighted by Crippen LogP contribution is 2.26. The first-order chi connectivity index (χ1) is 12.8. The third kappa shape index (κ3) is 4.52. The molecule has 2 saturated heterocycles. The predicted molar refractivity (Wildman–Crippen MR) is 105 cm³/mol. The molecule has 2 fully saturated rings. The Morgan fingerprint density at radius 1 is 1.15 bits per heavy atom. The summed E-state index contributed by atoms with van der Waals surface area (Å²) in [4.78, 5) is 13.7. The summed E-state index contributed by atoms with van der Waals surface area (Å²) >= 11 is 7.47. The van der Waals surface area contributed by atoms with Gasteiger partial charge in [0.15, 0.2) is 5.82 Å². The van der Waals surface area contributed by atoms with Gasteiger partial charge >= 0.3 is 0 Å². The third-order valence-electron chi connectivity index (χ3n) is 5.22. The van der Waals surface area contributed by atoms with Crippen LogP contribution in [0, 0.1) is 5.92 Å². The van der Waals surface area contributed by atoms with Crippen LogP contribution in [0.15, 0.2) is 18.5 Å². The van der Waals surface area contributed by atoms with Crippen molar-refractivity contribution in [1.82, 2.24) is 19.2 Å². The van der Waals surface area contributed by atoms with Gasteiger partial charge in [-0.3, -0.25) is 9.88 Å². The molecular formula is C18H24ClN5OS. The van der Waals surface area contributed by atoms with E-state index in [-0.39, 0.29) is 0 Å². The van der Waals surface area contributed by atoms with E-state index in [1.807, 2.05) is 6.07 Å². The molecule has 0 bridgehead atoms. The second-order valence-corrected chi connectivity index (χ2v) is 8.13. The zero-order chi connectivity index (χ0) is 17.8. The van der Waals surface area contributed by atoms with Gasteiger partial charge in [0.1, 0.15) is 0 Å². The minimum atomic E-state index is 0.608. The van der Waals surface area contributed by atoms with E-state index in [0.717, 1.165) is 56.0 Å². The second-order valence-electron chi connectivity index (χ2n) is 6.97. The Hall–Kier alpha value is -1.28. The first-order valence-electron chi connectivity index (χ1n) is 9.27. The van der Waals surface area contributed by atoms with Gasteiger partial charge in [-0.1, -0.05) is 11.6 Å². The predicted octanol–water partition coefficient (Wildman–Crippen LogP) is 3.19. The fraction of sp³-hybridized carbons (Fsp3) is 0.611. The van der Waals surface area contributed by atoms with Crippen molar-refractivity contribution >= 4 is 28.3 Å². The minimum absolute atomic E-state index is 0.608. The number of hydrogen-bond donors (Lipinski definition) is 0. The number of aromatic nitrogens is 3. The fourth-order valence-electron chi connectivity index (χ4n) is 3.56. The van der Waals surface area contributed by atoms with Gasteiger partial charge in [-0.05, 0) is 37.8 Å². The van der Waals surface area contributed by atoms with Crippen LogP contribution >= 0.6 is 23.1 Å². The molecule has 0 saturated carbocycles. The third-order valence-corrected chi connectivity index (χ3v) is 6.20. The molecule has 0 atom stereocenters.